The fraction of sp³-hybridized carbons (Fsp3) is 0.389. The number of thiazole rings is 1. The number of hydrogen-bond donors (Lipinski definition) is 2. The van der Waals surface area contributed by atoms with E-state index in [9.17, 15) is 4.79 Å². The van der Waals surface area contributed by atoms with Gasteiger partial charge in [0.25, 0.3) is 0 Å². The van der Waals surface area contributed by atoms with Crippen LogP contribution in [0.2, 0.25) is 0 Å². The molecule has 138 valence electrons. The molecule has 1 fully saturated rings. The van der Waals surface area contributed by atoms with Crippen molar-refractivity contribution in [1.29, 1.82) is 0 Å². The van der Waals surface area contributed by atoms with Crippen LogP contribution in [-0.2, 0) is 11.3 Å². The van der Waals surface area contributed by atoms with E-state index in [2.05, 4.69) is 20.6 Å². The maximum absolute atomic E-state index is 12.4. The van der Waals surface area contributed by atoms with Crippen molar-refractivity contribution in [1.82, 2.24) is 15.6 Å². The average Bonchev–Trinajstić information content (AvgIpc) is 3.23. The smallest absolute Gasteiger partial charge is 0.229 e. The number of anilines is 1. The first-order valence-corrected chi connectivity index (χ1v) is 9.29. The summed E-state index contributed by atoms with van der Waals surface area (Å²) in [5, 5.41) is 6.62. The van der Waals surface area contributed by atoms with Crippen LogP contribution in [0.1, 0.15) is 17.0 Å². The number of amides is 1. The number of benzene rings is 1. The van der Waals surface area contributed by atoms with Crippen molar-refractivity contribution < 1.29 is 9.53 Å². The first-order chi connectivity index (χ1) is 12.6. The minimum absolute atomic E-state index is 0.00228. The van der Waals surface area contributed by atoms with Gasteiger partial charge in [0.1, 0.15) is 5.75 Å². The van der Waals surface area contributed by atoms with Crippen LogP contribution in [0, 0.1) is 6.92 Å². The Morgan fingerprint density at radius 1 is 1.50 bits per heavy atom. The highest BCUT2D eigenvalue weighted by Gasteiger charge is 2.31. The van der Waals surface area contributed by atoms with Crippen molar-refractivity contribution in [2.75, 3.05) is 25.6 Å². The molecule has 1 aliphatic rings. The molecule has 1 aromatic heterocycles. The number of nitrogens with one attached hydrogen (secondary N) is 2. The summed E-state index contributed by atoms with van der Waals surface area (Å²) in [7, 11) is 3.35. The van der Waals surface area contributed by atoms with Crippen molar-refractivity contribution in [3.05, 3.63) is 40.3 Å². The molecule has 3 rings (SSSR count). The third-order valence-electron chi connectivity index (χ3n) is 4.32. The molecule has 0 saturated carbocycles. The molecule has 8 heteroatoms. The van der Waals surface area contributed by atoms with Gasteiger partial charge in [-0.25, -0.2) is 4.98 Å². The Hall–Kier alpha value is -2.61. The Balaban J connectivity index is 1.59. The van der Waals surface area contributed by atoms with Crippen molar-refractivity contribution in [2.45, 2.75) is 25.9 Å². The first kappa shape index (κ1) is 18.2. The second kappa shape index (κ2) is 8.18. The lowest BCUT2D eigenvalue weighted by molar-refractivity contribution is -0.117. The summed E-state index contributed by atoms with van der Waals surface area (Å²) in [6, 6.07) is 7.55. The van der Waals surface area contributed by atoms with E-state index in [1.165, 1.54) is 4.88 Å². The number of nitrogens with zero attached hydrogens (tertiary/aromatic N) is 3. The van der Waals surface area contributed by atoms with Gasteiger partial charge in [-0.05, 0) is 19.1 Å². The highest BCUT2D eigenvalue weighted by molar-refractivity contribution is 7.09. The summed E-state index contributed by atoms with van der Waals surface area (Å²) >= 11 is 1.62. The lowest BCUT2D eigenvalue weighted by Crippen LogP contribution is -2.44. The van der Waals surface area contributed by atoms with Crippen LogP contribution in [0.3, 0.4) is 0 Å². The van der Waals surface area contributed by atoms with Gasteiger partial charge in [0, 0.05) is 36.6 Å². The van der Waals surface area contributed by atoms with Gasteiger partial charge in [-0.3, -0.25) is 9.79 Å². The Kier molecular flexibility index (Phi) is 5.72. The fourth-order valence-corrected chi connectivity index (χ4v) is 3.60. The van der Waals surface area contributed by atoms with Crippen LogP contribution in [0.4, 0.5) is 5.69 Å². The predicted octanol–water partition coefficient (Wildman–Crippen LogP) is 1.93. The number of carbonyl (C=O) groups is 1. The van der Waals surface area contributed by atoms with E-state index < -0.39 is 0 Å². The number of carbonyl (C=O) groups excluding carboxylic acids is 1. The van der Waals surface area contributed by atoms with Gasteiger partial charge in [0.2, 0.25) is 5.91 Å². The van der Waals surface area contributed by atoms with E-state index in [1.807, 2.05) is 36.7 Å². The number of ether oxygens (including phenoxy) is 1. The Morgan fingerprint density at radius 2 is 2.35 bits per heavy atom. The maximum atomic E-state index is 12.4. The van der Waals surface area contributed by atoms with Crippen molar-refractivity contribution in [3.63, 3.8) is 0 Å². The van der Waals surface area contributed by atoms with E-state index in [0.29, 0.717) is 25.5 Å². The Bertz CT molecular complexity index is 804. The molecular weight excluding hydrogens is 350 g/mol. The summed E-state index contributed by atoms with van der Waals surface area (Å²) in [4.78, 5) is 23.9. The molecule has 2 aromatic rings. The van der Waals surface area contributed by atoms with Gasteiger partial charge in [0.15, 0.2) is 5.96 Å². The zero-order valence-corrected chi connectivity index (χ0v) is 16.0. The van der Waals surface area contributed by atoms with E-state index >= 15 is 0 Å². The van der Waals surface area contributed by atoms with Crippen molar-refractivity contribution in [2.24, 2.45) is 4.99 Å². The van der Waals surface area contributed by atoms with Gasteiger partial charge in [0.05, 0.1) is 30.9 Å². The summed E-state index contributed by atoms with van der Waals surface area (Å²) < 4.78 is 5.25. The predicted molar refractivity (Wildman–Crippen MR) is 104 cm³/mol. The van der Waals surface area contributed by atoms with Crippen LogP contribution in [0.5, 0.6) is 5.75 Å². The molecule has 2 heterocycles. The Morgan fingerprint density at radius 3 is 3.04 bits per heavy atom. The van der Waals surface area contributed by atoms with Gasteiger partial charge in [-0.15, -0.1) is 11.3 Å². The quantitative estimate of drug-likeness (QED) is 0.618. The molecule has 0 bridgehead atoms. The van der Waals surface area contributed by atoms with Crippen LogP contribution in [-0.4, -0.2) is 43.6 Å². The second-order valence-electron chi connectivity index (χ2n) is 6.04. The zero-order valence-electron chi connectivity index (χ0n) is 15.2. The first-order valence-electron chi connectivity index (χ1n) is 8.41. The third kappa shape index (κ3) is 4.13. The maximum Gasteiger partial charge on any atom is 0.229 e. The molecule has 0 radical (unpaired) electrons. The van der Waals surface area contributed by atoms with Crippen LogP contribution >= 0.6 is 11.3 Å². The lowest BCUT2D eigenvalue weighted by Gasteiger charge is -2.19. The van der Waals surface area contributed by atoms with Crippen LogP contribution in [0.15, 0.2) is 34.8 Å². The second-order valence-corrected chi connectivity index (χ2v) is 6.98. The topological polar surface area (TPSA) is 78.8 Å². The molecule has 1 aliphatic heterocycles. The summed E-state index contributed by atoms with van der Waals surface area (Å²) in [6.45, 7) is 3.24. The molecule has 0 aliphatic carbocycles. The SMILES string of the molecule is CN=C(NCc1scnc1C)NC1CC(=O)N(c2cccc(OC)c2)C1. The molecule has 1 atom stereocenters. The number of aliphatic imine (C=N–C) groups is 1. The zero-order chi connectivity index (χ0) is 18.5. The number of rotatable bonds is 5. The Labute approximate surface area is 157 Å². The number of aromatic nitrogens is 1. The standard InChI is InChI=1S/C18H23N5O2S/c1-12-16(26-11-21-12)9-20-18(19-2)22-13-7-17(24)23(10-13)14-5-4-6-15(8-14)25-3/h4-6,8,11,13H,7,9-10H2,1-3H3,(H2,19,20,22). The van der Waals surface area contributed by atoms with Crippen molar-refractivity contribution >= 4 is 28.9 Å². The number of methoxy groups -OCH3 is 1. The van der Waals surface area contributed by atoms with E-state index in [-0.39, 0.29) is 11.9 Å². The minimum atomic E-state index is 0.00228. The van der Waals surface area contributed by atoms with E-state index in [1.54, 1.807) is 30.4 Å². The highest BCUT2D eigenvalue weighted by atomic mass is 32.1. The van der Waals surface area contributed by atoms with Gasteiger partial charge in [-0.1, -0.05) is 6.07 Å². The molecule has 1 aromatic carbocycles. The van der Waals surface area contributed by atoms with Crippen molar-refractivity contribution in [3.8, 4) is 5.75 Å². The summed E-state index contributed by atoms with van der Waals surface area (Å²) in [6.07, 6.45) is 0.428. The molecule has 7 nitrogen and oxygen atoms in total. The van der Waals surface area contributed by atoms with Gasteiger partial charge >= 0.3 is 0 Å². The normalized spacial score (nSPS) is 17.5. The number of guanidine groups is 1. The van der Waals surface area contributed by atoms with Gasteiger partial charge in [-0.2, -0.15) is 0 Å². The minimum Gasteiger partial charge on any atom is -0.497 e. The molecule has 1 unspecified atom stereocenters. The fourth-order valence-electron chi connectivity index (χ4n) is 2.88. The molecular formula is C18H23N5O2S. The van der Waals surface area contributed by atoms with Gasteiger partial charge < -0.3 is 20.3 Å². The summed E-state index contributed by atoms with van der Waals surface area (Å²) in [5.41, 5.74) is 3.71. The van der Waals surface area contributed by atoms with E-state index in [4.69, 9.17) is 4.74 Å². The lowest BCUT2D eigenvalue weighted by atomic mass is 10.2. The molecule has 0 spiro atoms. The molecule has 26 heavy (non-hydrogen) atoms. The van der Waals surface area contributed by atoms with Crippen LogP contribution in [0.25, 0.3) is 0 Å². The molecule has 1 saturated heterocycles. The summed E-state index contributed by atoms with van der Waals surface area (Å²) in [5.74, 6) is 1.51. The monoisotopic (exact) mass is 373 g/mol. The van der Waals surface area contributed by atoms with E-state index in [0.717, 1.165) is 17.1 Å². The molecule has 1 amide bonds. The molecule has 2 N–H and O–H groups in total. The average molecular weight is 373 g/mol. The number of hydrogen-bond acceptors (Lipinski definition) is 5. The third-order valence-corrected chi connectivity index (χ3v) is 5.25. The number of aryl methyl sites for hydroxylation is 1. The largest absolute Gasteiger partial charge is 0.497 e. The highest BCUT2D eigenvalue weighted by Crippen LogP contribution is 2.25. The van der Waals surface area contributed by atoms with Crippen LogP contribution < -0.4 is 20.3 Å².